The predicted molar refractivity (Wildman–Crippen MR) is 464 cm³/mol. The zero-order valence-electron chi connectivity index (χ0n) is 67.7. The average Bonchev–Trinajstić information content (AvgIpc) is 1.48. The molecule has 0 bridgehead atoms. The van der Waals surface area contributed by atoms with E-state index in [2.05, 4.69) is 75.6 Å². The summed E-state index contributed by atoms with van der Waals surface area (Å²) >= 11 is 23.6. The molecule has 6 aromatic heterocycles. The molecule has 0 aliphatic carbocycles. The Morgan fingerprint density at radius 3 is 1.30 bits per heavy atom. The fourth-order valence-electron chi connectivity index (χ4n) is 15.7. The summed E-state index contributed by atoms with van der Waals surface area (Å²) in [4.78, 5) is 60.9. The lowest BCUT2D eigenvalue weighted by Gasteiger charge is -2.33. The van der Waals surface area contributed by atoms with Crippen LogP contribution in [0.2, 0.25) is 20.5 Å². The number of aromatic nitrogens is 8. The highest BCUT2D eigenvalue weighted by Crippen LogP contribution is 2.47. The van der Waals surface area contributed by atoms with Crippen molar-refractivity contribution in [3.8, 4) is 23.5 Å². The lowest BCUT2D eigenvalue weighted by atomic mass is 9.80. The van der Waals surface area contributed by atoms with E-state index in [1.165, 1.54) is 83.6 Å². The van der Waals surface area contributed by atoms with Gasteiger partial charge >= 0.3 is 11.4 Å². The van der Waals surface area contributed by atoms with Crippen LogP contribution in [0.1, 0.15) is 77.0 Å². The van der Waals surface area contributed by atoms with Crippen LogP contribution in [-0.4, -0.2) is 210 Å². The van der Waals surface area contributed by atoms with Crippen molar-refractivity contribution in [1.29, 1.82) is 0 Å². The molecular formula is C80H104Cl4N18O14P2. The number of nitrogen functional groups attached to an aromatic ring is 1. The molecule has 0 unspecified atom stereocenters. The number of para-hydroxylation sites is 2. The predicted octanol–water partition coefficient (Wildman–Crippen LogP) is 15.2. The molecule has 14 heterocycles. The maximum atomic E-state index is 12.8. The summed E-state index contributed by atoms with van der Waals surface area (Å²) in [5.74, 6) is 4.71. The van der Waals surface area contributed by atoms with Gasteiger partial charge in [0.2, 0.25) is 23.0 Å². The standard InChI is InChI=1S/C26H32ClN6O3P.C14H19N3O4.C14H21N3O2.C12H12Cl2N3OP.C8H15NO.C6H5ClN2O3/c1-35-24-20(8-9-22(31-24)33-13-10-26(17-33)11-14-36-15-12-26)30-25-28-16-18(27)23(32-25)29-19-6-4-5-7-21(19)37(2,3)34;1-20-13-11(17(18)19)2-3-12(15-13)16-7-4-14(10-16)5-8-21-9-6-14;1-18-13-11(15)2-3-12(16-13)17-7-4-14(10-17)5-8-19-9-6-14;1-19(2,18)10-6-4-3-5-9(10)16-11-8(13)7-15-12(14)17-11;1-4-9-7-8(1)2-5-10-6-3-8;1-12-6-4(9(10)11)2-3-5(7)8-6/h4-9,16H,10-15,17H2,1-3H3,(H2,28,29,30,32);2-3H,4-10H2,1H3;2-3H,4-10,15H2,1H3;3-7H,1-2H3,(H,15,16,17);9H,1-7H2;2-3H,1H3. The van der Waals surface area contributed by atoms with Crippen molar-refractivity contribution >= 4 is 140 Å². The quantitative estimate of drug-likeness (QED) is 0.0186. The average molecular weight is 1750 g/mol. The Morgan fingerprint density at radius 2 is 0.856 bits per heavy atom. The Kier molecular flexibility index (Phi) is 31.3. The number of halogens is 4. The molecule has 0 saturated carbocycles. The van der Waals surface area contributed by atoms with Crippen LogP contribution < -0.4 is 71.3 Å². The third-order valence-electron chi connectivity index (χ3n) is 22.5. The Morgan fingerprint density at radius 1 is 0.458 bits per heavy atom. The van der Waals surface area contributed by atoms with Crippen molar-refractivity contribution in [2.45, 2.75) is 77.0 Å². The van der Waals surface area contributed by atoms with Crippen molar-refractivity contribution in [3.63, 3.8) is 0 Å². The number of hydrogen-bond acceptors (Lipinski definition) is 30. The van der Waals surface area contributed by atoms with Gasteiger partial charge in [0.05, 0.1) is 67.7 Å². The summed E-state index contributed by atoms with van der Waals surface area (Å²) in [6.07, 6.45) is 17.0. The Bertz CT molecular complexity index is 4840. The number of ether oxygens (including phenoxy) is 8. The highest BCUT2D eigenvalue weighted by atomic mass is 35.5. The van der Waals surface area contributed by atoms with Crippen molar-refractivity contribution < 1.29 is 56.9 Å². The number of methoxy groups -OCH3 is 4. The summed E-state index contributed by atoms with van der Waals surface area (Å²) in [5.41, 5.74) is 9.86. The molecule has 0 radical (unpaired) electrons. The topological polar surface area (TPSA) is 381 Å². The minimum absolute atomic E-state index is 0.0745. The van der Waals surface area contributed by atoms with E-state index in [1.807, 2.05) is 72.8 Å². The molecule has 32 nitrogen and oxygen atoms in total. The number of nitrogens with zero attached hydrogens (tertiary/aromatic N) is 13. The van der Waals surface area contributed by atoms with Gasteiger partial charge in [-0.15, -0.1) is 0 Å². The molecule has 16 rings (SSSR count). The molecule has 8 aliphatic rings. The molecule has 8 aliphatic heterocycles. The van der Waals surface area contributed by atoms with E-state index in [-0.39, 0.29) is 33.6 Å². The molecule has 38 heteroatoms. The molecule has 8 saturated heterocycles. The van der Waals surface area contributed by atoms with Crippen LogP contribution in [-0.2, 0) is 28.1 Å². The maximum Gasteiger partial charge on any atom is 0.331 e. The van der Waals surface area contributed by atoms with Gasteiger partial charge in [-0.05, 0) is 204 Å². The second kappa shape index (κ2) is 41.0. The zero-order chi connectivity index (χ0) is 84.3. The van der Waals surface area contributed by atoms with Crippen LogP contribution in [0.25, 0.3) is 0 Å². The van der Waals surface area contributed by atoms with Crippen LogP contribution in [0.3, 0.4) is 0 Å². The number of rotatable bonds is 17. The molecule has 8 aromatic rings. The van der Waals surface area contributed by atoms with Gasteiger partial charge in [-0.3, -0.25) is 20.2 Å². The van der Waals surface area contributed by atoms with Gasteiger partial charge in [-0.25, -0.2) is 9.97 Å². The summed E-state index contributed by atoms with van der Waals surface area (Å²) in [6, 6.07) is 28.3. The Balaban J connectivity index is 0.000000146. The van der Waals surface area contributed by atoms with Gasteiger partial charge < -0.3 is 88.7 Å². The number of hydrogen-bond donors (Lipinski definition) is 5. The zero-order valence-corrected chi connectivity index (χ0v) is 72.5. The normalized spacial score (nSPS) is 18.0. The van der Waals surface area contributed by atoms with Crippen molar-refractivity contribution in [2.75, 3.05) is 197 Å². The third-order valence-corrected chi connectivity index (χ3v) is 26.6. The van der Waals surface area contributed by atoms with Crippen LogP contribution >= 0.6 is 60.7 Å². The van der Waals surface area contributed by atoms with Gasteiger partial charge in [0.25, 0.3) is 11.8 Å². The highest BCUT2D eigenvalue weighted by molar-refractivity contribution is 7.70. The van der Waals surface area contributed by atoms with Gasteiger partial charge in [-0.1, -0.05) is 59.1 Å². The van der Waals surface area contributed by atoms with E-state index in [4.69, 9.17) is 90.3 Å². The smallest absolute Gasteiger partial charge is 0.331 e. The summed E-state index contributed by atoms with van der Waals surface area (Å²) in [6.45, 7) is 22.4. The number of nitro groups is 2. The van der Waals surface area contributed by atoms with E-state index in [1.54, 1.807) is 46.9 Å². The number of nitrogens with one attached hydrogen (secondary N) is 4. The van der Waals surface area contributed by atoms with E-state index < -0.39 is 24.1 Å². The minimum atomic E-state index is -2.51. The van der Waals surface area contributed by atoms with Crippen molar-refractivity contribution in [2.24, 2.45) is 21.7 Å². The molecular weight excluding hydrogens is 1640 g/mol. The minimum Gasteiger partial charge on any atom is -0.479 e. The first kappa shape index (κ1) is 90.0. The number of pyridine rings is 4. The Labute approximate surface area is 707 Å². The molecule has 0 atom stereocenters. The molecule has 8 fully saturated rings. The molecule has 636 valence electrons. The van der Waals surface area contributed by atoms with Gasteiger partial charge in [0.1, 0.15) is 52.6 Å². The van der Waals surface area contributed by atoms with Gasteiger partial charge in [0, 0.05) is 121 Å². The maximum absolute atomic E-state index is 12.8. The fourth-order valence-corrected chi connectivity index (χ4v) is 18.6. The largest absolute Gasteiger partial charge is 0.479 e. The fraction of sp³-hybridized carbons (Fsp3) is 0.500. The SMILES string of the molecule is C1CC2(CCOCC2)CN1.COc1nc(Cl)ccc1[N+](=O)[O-].COc1nc(N2CCC3(CCOCC3)C2)ccc1N.COc1nc(N2CCC3(CCOCC3)C2)ccc1Nc1ncc(Cl)c(Nc2ccccc2P(C)(C)=O)n1.COc1nc(N2CCC3(CCOCC3)C2)ccc1[N+](=O)[O-].CP(C)(=O)c1ccccc1Nc1nc(Cl)ncc1Cl. The molecule has 4 spiro atoms. The number of benzene rings is 2. The van der Waals surface area contributed by atoms with Gasteiger partial charge in [-0.2, -0.15) is 29.9 Å². The van der Waals surface area contributed by atoms with E-state index >= 15 is 0 Å². The lowest BCUT2D eigenvalue weighted by Crippen LogP contribution is -2.33. The molecule has 118 heavy (non-hydrogen) atoms. The monoisotopic (exact) mass is 1740 g/mol. The first-order valence-electron chi connectivity index (χ1n) is 39.0. The van der Waals surface area contributed by atoms with Gasteiger partial charge in [0.15, 0.2) is 11.6 Å². The second-order valence-corrected chi connectivity index (χ2v) is 39.0. The summed E-state index contributed by atoms with van der Waals surface area (Å²) in [7, 11) is 0.994. The van der Waals surface area contributed by atoms with E-state index in [9.17, 15) is 29.4 Å². The second-order valence-electron chi connectivity index (χ2n) is 31.1. The van der Waals surface area contributed by atoms with Crippen LogP contribution in [0, 0.1) is 41.9 Å². The third kappa shape index (κ3) is 23.8. The van der Waals surface area contributed by atoms with Crippen LogP contribution in [0.4, 0.5) is 69.2 Å². The highest BCUT2D eigenvalue weighted by Gasteiger charge is 2.43. The van der Waals surface area contributed by atoms with Crippen LogP contribution in [0.15, 0.2) is 109 Å². The lowest BCUT2D eigenvalue weighted by molar-refractivity contribution is -0.386. The molecule has 6 N–H and O–H groups in total. The molecule has 2 aromatic carbocycles. The molecule has 0 amide bonds. The van der Waals surface area contributed by atoms with Crippen LogP contribution in [0.5, 0.6) is 23.5 Å². The van der Waals surface area contributed by atoms with Crippen molar-refractivity contribution in [3.05, 3.63) is 150 Å². The Hall–Kier alpha value is -8.78. The summed E-state index contributed by atoms with van der Waals surface area (Å²) < 4.78 is 67.3. The van der Waals surface area contributed by atoms with E-state index in [0.717, 1.165) is 172 Å². The van der Waals surface area contributed by atoms with Crippen molar-refractivity contribution in [1.82, 2.24) is 45.2 Å². The first-order valence-corrected chi connectivity index (χ1v) is 45.8. The number of nitrogens with two attached hydrogens (primary N) is 1. The first-order chi connectivity index (χ1) is 56.6. The number of anilines is 10. The van der Waals surface area contributed by atoms with E-state index in [0.29, 0.717) is 83.8 Å². The summed E-state index contributed by atoms with van der Waals surface area (Å²) in [5, 5.41) is 36.6.